The zero-order valence-electron chi connectivity index (χ0n) is 11.0. The van der Waals surface area contributed by atoms with E-state index in [1.54, 1.807) is 6.26 Å². The van der Waals surface area contributed by atoms with E-state index in [-0.39, 0.29) is 0 Å². The molecule has 94 valence electrons. The van der Waals surface area contributed by atoms with Crippen LogP contribution in [-0.2, 0) is 6.54 Å². The first kappa shape index (κ1) is 11.5. The third-order valence-corrected chi connectivity index (χ3v) is 3.77. The number of hydrogen-bond donors (Lipinski definition) is 1. The smallest absolute Gasteiger partial charge is 0.125 e. The average Bonchev–Trinajstić information content (AvgIpc) is 3.08. The Morgan fingerprint density at radius 1 is 1.17 bits per heavy atom. The lowest BCUT2D eigenvalue weighted by Gasteiger charge is -2.09. The van der Waals surface area contributed by atoms with Gasteiger partial charge >= 0.3 is 0 Å². The van der Waals surface area contributed by atoms with Crippen molar-refractivity contribution in [2.45, 2.75) is 39.3 Å². The highest BCUT2D eigenvalue weighted by Gasteiger charge is 2.21. The lowest BCUT2D eigenvalue weighted by atomic mass is 9.97. The highest BCUT2D eigenvalue weighted by atomic mass is 16.3. The molecule has 0 atom stereocenters. The molecule has 0 aliphatic heterocycles. The van der Waals surface area contributed by atoms with Crippen LogP contribution in [0.2, 0.25) is 0 Å². The third-order valence-electron chi connectivity index (χ3n) is 3.77. The molecule has 2 aromatic rings. The molecule has 1 fully saturated rings. The molecule has 0 amide bonds. The van der Waals surface area contributed by atoms with Gasteiger partial charge in [0, 0.05) is 11.6 Å². The van der Waals surface area contributed by atoms with Crippen LogP contribution in [-0.4, -0.2) is 6.04 Å². The summed E-state index contributed by atoms with van der Waals surface area (Å²) in [7, 11) is 0. The minimum absolute atomic E-state index is 0.710. The summed E-state index contributed by atoms with van der Waals surface area (Å²) in [5.41, 5.74) is 5.18. The SMILES string of the molecule is Cc1cccc(-c2ccoc2CNC2CC2)c1C. The highest BCUT2D eigenvalue weighted by Crippen LogP contribution is 2.30. The van der Waals surface area contributed by atoms with Crippen molar-refractivity contribution >= 4 is 0 Å². The maximum atomic E-state index is 5.63. The number of hydrogen-bond acceptors (Lipinski definition) is 2. The summed E-state index contributed by atoms with van der Waals surface area (Å²) < 4.78 is 5.63. The van der Waals surface area contributed by atoms with Crippen molar-refractivity contribution in [1.29, 1.82) is 0 Å². The van der Waals surface area contributed by atoms with Gasteiger partial charge in [0.1, 0.15) is 5.76 Å². The predicted molar refractivity (Wildman–Crippen MR) is 73.5 cm³/mol. The summed E-state index contributed by atoms with van der Waals surface area (Å²) in [4.78, 5) is 0. The predicted octanol–water partition coefficient (Wildman–Crippen LogP) is 3.82. The number of rotatable bonds is 4. The molecule has 2 heteroatoms. The summed E-state index contributed by atoms with van der Waals surface area (Å²) in [5, 5.41) is 3.51. The maximum absolute atomic E-state index is 5.63. The molecule has 0 unspecified atom stereocenters. The van der Waals surface area contributed by atoms with E-state index in [9.17, 15) is 0 Å². The zero-order chi connectivity index (χ0) is 12.5. The highest BCUT2D eigenvalue weighted by molar-refractivity contribution is 5.70. The molecule has 1 aliphatic rings. The van der Waals surface area contributed by atoms with Crippen LogP contribution in [0.3, 0.4) is 0 Å². The molecular formula is C16H19NO. The van der Waals surface area contributed by atoms with Crippen molar-refractivity contribution in [2.75, 3.05) is 0 Å². The van der Waals surface area contributed by atoms with E-state index in [1.807, 2.05) is 0 Å². The molecule has 0 spiro atoms. The Kier molecular flexibility index (Phi) is 2.96. The second kappa shape index (κ2) is 4.62. The molecule has 3 rings (SSSR count). The van der Waals surface area contributed by atoms with Gasteiger partial charge in [0.25, 0.3) is 0 Å². The van der Waals surface area contributed by atoms with Gasteiger partial charge in [-0.2, -0.15) is 0 Å². The van der Waals surface area contributed by atoms with Crippen LogP contribution in [0.15, 0.2) is 34.9 Å². The molecule has 1 N–H and O–H groups in total. The Hall–Kier alpha value is -1.54. The summed E-state index contributed by atoms with van der Waals surface area (Å²) in [5.74, 6) is 1.05. The second-order valence-corrected chi connectivity index (χ2v) is 5.16. The van der Waals surface area contributed by atoms with Gasteiger partial charge in [-0.05, 0) is 49.4 Å². The van der Waals surface area contributed by atoms with Gasteiger partial charge in [-0.25, -0.2) is 0 Å². The molecule has 2 nitrogen and oxygen atoms in total. The Labute approximate surface area is 108 Å². The second-order valence-electron chi connectivity index (χ2n) is 5.16. The molecule has 1 aromatic heterocycles. The van der Waals surface area contributed by atoms with Crippen molar-refractivity contribution in [3.05, 3.63) is 47.4 Å². The number of nitrogens with one attached hydrogen (secondary N) is 1. The Morgan fingerprint density at radius 3 is 2.78 bits per heavy atom. The van der Waals surface area contributed by atoms with E-state index in [2.05, 4.69) is 43.4 Å². The van der Waals surface area contributed by atoms with Gasteiger partial charge < -0.3 is 9.73 Å². The first-order valence-electron chi connectivity index (χ1n) is 6.62. The molecule has 1 heterocycles. The van der Waals surface area contributed by atoms with Crippen LogP contribution in [0, 0.1) is 13.8 Å². The molecule has 1 aliphatic carbocycles. The molecular weight excluding hydrogens is 222 g/mol. The van der Waals surface area contributed by atoms with Crippen LogP contribution >= 0.6 is 0 Å². The quantitative estimate of drug-likeness (QED) is 0.880. The molecule has 0 radical (unpaired) electrons. The number of benzene rings is 1. The maximum Gasteiger partial charge on any atom is 0.125 e. The minimum Gasteiger partial charge on any atom is -0.467 e. The van der Waals surface area contributed by atoms with Crippen molar-refractivity contribution in [1.82, 2.24) is 5.32 Å². The first-order chi connectivity index (χ1) is 8.75. The standard InChI is InChI=1S/C16H19NO/c1-11-4-3-5-14(12(11)2)15-8-9-18-16(15)10-17-13-6-7-13/h3-5,8-9,13,17H,6-7,10H2,1-2H3. The van der Waals surface area contributed by atoms with Crippen molar-refractivity contribution in [2.24, 2.45) is 0 Å². The van der Waals surface area contributed by atoms with Crippen LogP contribution < -0.4 is 5.32 Å². The van der Waals surface area contributed by atoms with Gasteiger partial charge in [-0.3, -0.25) is 0 Å². The van der Waals surface area contributed by atoms with Crippen LogP contribution in [0.4, 0.5) is 0 Å². The topological polar surface area (TPSA) is 25.2 Å². The van der Waals surface area contributed by atoms with Crippen molar-refractivity contribution in [3.8, 4) is 11.1 Å². The largest absolute Gasteiger partial charge is 0.467 e. The fourth-order valence-corrected chi connectivity index (χ4v) is 2.28. The Morgan fingerprint density at radius 2 is 2.00 bits per heavy atom. The Bertz CT molecular complexity index is 552. The summed E-state index contributed by atoms with van der Waals surface area (Å²) in [6.07, 6.45) is 4.40. The average molecular weight is 241 g/mol. The summed E-state index contributed by atoms with van der Waals surface area (Å²) in [6, 6.07) is 9.23. The zero-order valence-corrected chi connectivity index (χ0v) is 11.0. The van der Waals surface area contributed by atoms with E-state index in [0.29, 0.717) is 6.04 Å². The fourth-order valence-electron chi connectivity index (χ4n) is 2.28. The van der Waals surface area contributed by atoms with Gasteiger partial charge in [0.2, 0.25) is 0 Å². The minimum atomic E-state index is 0.710. The van der Waals surface area contributed by atoms with Gasteiger partial charge in [0.15, 0.2) is 0 Å². The van der Waals surface area contributed by atoms with Crippen LogP contribution in [0.5, 0.6) is 0 Å². The van der Waals surface area contributed by atoms with Crippen LogP contribution in [0.1, 0.15) is 29.7 Å². The molecule has 1 aromatic carbocycles. The van der Waals surface area contributed by atoms with E-state index in [4.69, 9.17) is 4.42 Å². The monoisotopic (exact) mass is 241 g/mol. The normalized spacial score (nSPS) is 15.0. The van der Waals surface area contributed by atoms with E-state index in [0.717, 1.165) is 12.3 Å². The molecule has 18 heavy (non-hydrogen) atoms. The van der Waals surface area contributed by atoms with Crippen LogP contribution in [0.25, 0.3) is 11.1 Å². The van der Waals surface area contributed by atoms with E-state index >= 15 is 0 Å². The summed E-state index contributed by atoms with van der Waals surface area (Å²) in [6.45, 7) is 5.16. The number of aryl methyl sites for hydroxylation is 1. The van der Waals surface area contributed by atoms with Gasteiger partial charge in [-0.15, -0.1) is 0 Å². The van der Waals surface area contributed by atoms with Gasteiger partial charge in [0.05, 0.1) is 12.8 Å². The molecule has 0 saturated heterocycles. The molecule has 0 bridgehead atoms. The number of furan rings is 1. The fraction of sp³-hybridized carbons (Fsp3) is 0.375. The van der Waals surface area contributed by atoms with E-state index in [1.165, 1.54) is 35.1 Å². The Balaban J connectivity index is 1.90. The third kappa shape index (κ3) is 2.21. The lowest BCUT2D eigenvalue weighted by Crippen LogP contribution is -2.15. The first-order valence-corrected chi connectivity index (χ1v) is 6.62. The van der Waals surface area contributed by atoms with Crippen molar-refractivity contribution < 1.29 is 4.42 Å². The molecule has 1 saturated carbocycles. The van der Waals surface area contributed by atoms with Crippen molar-refractivity contribution in [3.63, 3.8) is 0 Å². The lowest BCUT2D eigenvalue weighted by molar-refractivity contribution is 0.483. The van der Waals surface area contributed by atoms with Gasteiger partial charge in [-0.1, -0.05) is 18.2 Å². The van der Waals surface area contributed by atoms with E-state index < -0.39 is 0 Å². The summed E-state index contributed by atoms with van der Waals surface area (Å²) >= 11 is 0.